The molecule has 1 saturated heterocycles. The first-order valence-electron chi connectivity index (χ1n) is 8.25. The highest BCUT2D eigenvalue weighted by atomic mass is 16.3. The minimum absolute atomic E-state index is 0.0152. The molecule has 24 heavy (non-hydrogen) atoms. The van der Waals surface area contributed by atoms with Gasteiger partial charge in [-0.3, -0.25) is 9.78 Å². The maximum Gasteiger partial charge on any atom is 0.225 e. The fourth-order valence-electron chi connectivity index (χ4n) is 2.99. The molecular weight excluding hydrogens is 304 g/mol. The zero-order valence-corrected chi connectivity index (χ0v) is 13.5. The number of amides is 1. The molecule has 0 saturated carbocycles. The van der Waals surface area contributed by atoms with E-state index in [2.05, 4.69) is 20.2 Å². The Bertz CT molecular complexity index is 651. The quantitative estimate of drug-likeness (QED) is 0.871. The van der Waals surface area contributed by atoms with Crippen molar-refractivity contribution < 1.29 is 9.90 Å². The summed E-state index contributed by atoms with van der Waals surface area (Å²) in [5, 5.41) is 13.0. The molecule has 0 bridgehead atoms. The summed E-state index contributed by atoms with van der Waals surface area (Å²) in [6.45, 7) is 1.74. The van der Waals surface area contributed by atoms with Gasteiger partial charge in [-0.05, 0) is 18.4 Å². The molecule has 0 spiro atoms. The lowest BCUT2D eigenvalue weighted by molar-refractivity contribution is -0.125. The Morgan fingerprint density at radius 2 is 2.17 bits per heavy atom. The monoisotopic (exact) mass is 326 g/mol. The van der Waals surface area contributed by atoms with E-state index in [0.717, 1.165) is 30.8 Å². The Kier molecular flexibility index (Phi) is 5.38. The number of aliphatic hydroxyl groups excluding tert-OH is 1. The summed E-state index contributed by atoms with van der Waals surface area (Å²) in [4.78, 5) is 22.9. The number of piperidine rings is 1. The minimum Gasteiger partial charge on any atom is -0.387 e. The molecule has 2 atom stereocenters. The lowest BCUT2D eigenvalue weighted by atomic mass is 9.97. The molecular formula is C18H22N4O2. The van der Waals surface area contributed by atoms with Crippen LogP contribution in [-0.2, 0) is 4.79 Å². The van der Waals surface area contributed by atoms with Crippen molar-refractivity contribution in [1.29, 1.82) is 0 Å². The van der Waals surface area contributed by atoms with Gasteiger partial charge in [-0.15, -0.1) is 0 Å². The number of anilines is 1. The van der Waals surface area contributed by atoms with Gasteiger partial charge in [0.2, 0.25) is 5.91 Å². The molecule has 0 aliphatic carbocycles. The Labute approximate surface area is 141 Å². The third-order valence-corrected chi connectivity index (χ3v) is 4.32. The van der Waals surface area contributed by atoms with Crippen molar-refractivity contribution in [1.82, 2.24) is 15.3 Å². The van der Waals surface area contributed by atoms with Crippen LogP contribution in [0.5, 0.6) is 0 Å². The number of carbonyl (C=O) groups is 1. The van der Waals surface area contributed by atoms with Crippen LogP contribution in [-0.4, -0.2) is 40.6 Å². The van der Waals surface area contributed by atoms with Crippen LogP contribution < -0.4 is 10.2 Å². The summed E-state index contributed by atoms with van der Waals surface area (Å²) in [6, 6.07) is 9.36. The average Bonchev–Trinajstić information content (AvgIpc) is 2.67. The van der Waals surface area contributed by atoms with Gasteiger partial charge in [0, 0.05) is 32.0 Å². The third-order valence-electron chi connectivity index (χ3n) is 4.32. The van der Waals surface area contributed by atoms with Gasteiger partial charge in [0.1, 0.15) is 5.82 Å². The van der Waals surface area contributed by atoms with Gasteiger partial charge in [0.05, 0.1) is 18.2 Å². The van der Waals surface area contributed by atoms with Crippen LogP contribution in [0.4, 0.5) is 5.82 Å². The van der Waals surface area contributed by atoms with Crippen molar-refractivity contribution in [2.24, 2.45) is 5.92 Å². The largest absolute Gasteiger partial charge is 0.387 e. The van der Waals surface area contributed by atoms with Crippen molar-refractivity contribution in [2.45, 2.75) is 18.9 Å². The van der Waals surface area contributed by atoms with E-state index in [-0.39, 0.29) is 18.4 Å². The number of nitrogens with one attached hydrogen (secondary N) is 1. The predicted molar refractivity (Wildman–Crippen MR) is 91.4 cm³/mol. The number of hydrogen-bond donors (Lipinski definition) is 2. The molecule has 126 valence electrons. The molecule has 1 amide bonds. The third kappa shape index (κ3) is 4.08. The predicted octanol–water partition coefficient (Wildman–Crippen LogP) is 1.54. The summed E-state index contributed by atoms with van der Waals surface area (Å²) in [7, 11) is 0. The van der Waals surface area contributed by atoms with Crippen LogP contribution in [0.2, 0.25) is 0 Å². The molecule has 1 aromatic carbocycles. The van der Waals surface area contributed by atoms with Crippen molar-refractivity contribution >= 4 is 11.7 Å². The standard InChI is InChI=1S/C18H22N4O2/c23-16(14-5-2-1-3-6-14)11-21-18(24)15-7-4-10-22(13-15)17-12-19-8-9-20-17/h1-3,5-6,8-9,12,15-16,23H,4,7,10-11,13H2,(H,21,24)/t15-,16-/m1/s1. The van der Waals surface area contributed by atoms with Crippen LogP contribution in [0.15, 0.2) is 48.9 Å². The summed E-state index contributed by atoms with van der Waals surface area (Å²) in [5.41, 5.74) is 0.808. The highest BCUT2D eigenvalue weighted by Gasteiger charge is 2.26. The number of benzene rings is 1. The van der Waals surface area contributed by atoms with E-state index in [1.165, 1.54) is 0 Å². The molecule has 2 heterocycles. The zero-order chi connectivity index (χ0) is 16.8. The van der Waals surface area contributed by atoms with E-state index in [0.29, 0.717) is 6.54 Å². The van der Waals surface area contributed by atoms with Crippen molar-refractivity contribution in [3.05, 3.63) is 54.5 Å². The van der Waals surface area contributed by atoms with Gasteiger partial charge in [0.25, 0.3) is 0 Å². The smallest absolute Gasteiger partial charge is 0.225 e. The Balaban J connectivity index is 1.53. The van der Waals surface area contributed by atoms with Crippen molar-refractivity contribution in [3.63, 3.8) is 0 Å². The highest BCUT2D eigenvalue weighted by Crippen LogP contribution is 2.21. The molecule has 0 unspecified atom stereocenters. The zero-order valence-electron chi connectivity index (χ0n) is 13.5. The highest BCUT2D eigenvalue weighted by molar-refractivity contribution is 5.79. The molecule has 1 aliphatic heterocycles. The normalized spacial score (nSPS) is 18.9. The van der Waals surface area contributed by atoms with Crippen LogP contribution in [0, 0.1) is 5.92 Å². The first kappa shape index (κ1) is 16.4. The summed E-state index contributed by atoms with van der Waals surface area (Å²) in [6.07, 6.45) is 6.13. The van der Waals surface area contributed by atoms with E-state index < -0.39 is 6.10 Å². The second-order valence-electron chi connectivity index (χ2n) is 6.02. The van der Waals surface area contributed by atoms with Crippen LogP contribution in [0.3, 0.4) is 0 Å². The van der Waals surface area contributed by atoms with E-state index in [9.17, 15) is 9.90 Å². The number of aliphatic hydroxyl groups is 1. The number of carbonyl (C=O) groups excluding carboxylic acids is 1. The first-order valence-corrected chi connectivity index (χ1v) is 8.25. The first-order chi connectivity index (χ1) is 11.7. The van der Waals surface area contributed by atoms with Crippen molar-refractivity contribution in [3.8, 4) is 0 Å². The average molecular weight is 326 g/mol. The van der Waals surface area contributed by atoms with Crippen LogP contribution in [0.25, 0.3) is 0 Å². The molecule has 1 fully saturated rings. The summed E-state index contributed by atoms with van der Waals surface area (Å²) in [5.74, 6) is 0.696. The van der Waals surface area contributed by atoms with Crippen LogP contribution in [0.1, 0.15) is 24.5 Å². The molecule has 3 rings (SSSR count). The lowest BCUT2D eigenvalue weighted by Gasteiger charge is -2.32. The molecule has 6 heteroatoms. The van der Waals surface area contributed by atoms with Crippen LogP contribution >= 0.6 is 0 Å². The van der Waals surface area contributed by atoms with Gasteiger partial charge in [0.15, 0.2) is 0 Å². The fourth-order valence-corrected chi connectivity index (χ4v) is 2.99. The second kappa shape index (κ2) is 7.88. The SMILES string of the molecule is O=C(NC[C@@H](O)c1ccccc1)[C@@H]1CCCN(c2cnccn2)C1. The molecule has 6 nitrogen and oxygen atoms in total. The van der Waals surface area contributed by atoms with Gasteiger partial charge >= 0.3 is 0 Å². The number of aromatic nitrogens is 2. The van der Waals surface area contributed by atoms with E-state index >= 15 is 0 Å². The Morgan fingerprint density at radius 3 is 2.92 bits per heavy atom. The lowest BCUT2D eigenvalue weighted by Crippen LogP contribution is -2.44. The molecule has 0 radical (unpaired) electrons. The van der Waals surface area contributed by atoms with Gasteiger partial charge in [-0.1, -0.05) is 30.3 Å². The molecule has 2 aromatic rings. The molecule has 1 aliphatic rings. The summed E-state index contributed by atoms with van der Waals surface area (Å²) < 4.78 is 0. The molecule has 2 N–H and O–H groups in total. The second-order valence-corrected chi connectivity index (χ2v) is 6.02. The minimum atomic E-state index is -0.685. The summed E-state index contributed by atoms with van der Waals surface area (Å²) >= 11 is 0. The molecule has 1 aromatic heterocycles. The maximum absolute atomic E-state index is 12.4. The van der Waals surface area contributed by atoms with Gasteiger partial charge in [-0.25, -0.2) is 4.98 Å². The number of nitrogens with zero attached hydrogens (tertiary/aromatic N) is 3. The van der Waals surface area contributed by atoms with E-state index in [1.807, 2.05) is 30.3 Å². The fraction of sp³-hybridized carbons (Fsp3) is 0.389. The number of hydrogen-bond acceptors (Lipinski definition) is 5. The van der Waals surface area contributed by atoms with Crippen molar-refractivity contribution in [2.75, 3.05) is 24.5 Å². The van der Waals surface area contributed by atoms with Gasteiger partial charge < -0.3 is 15.3 Å². The number of rotatable bonds is 5. The Morgan fingerprint density at radius 1 is 1.33 bits per heavy atom. The van der Waals surface area contributed by atoms with Gasteiger partial charge in [-0.2, -0.15) is 0 Å². The topological polar surface area (TPSA) is 78.4 Å². The maximum atomic E-state index is 12.4. The Hall–Kier alpha value is -2.47. The van der Waals surface area contributed by atoms with E-state index in [4.69, 9.17) is 0 Å². The van der Waals surface area contributed by atoms with E-state index in [1.54, 1.807) is 18.6 Å².